The van der Waals surface area contributed by atoms with E-state index in [2.05, 4.69) is 16.0 Å². The summed E-state index contributed by atoms with van der Waals surface area (Å²) in [4.78, 5) is 25.9. The number of ether oxygens (including phenoxy) is 2. The van der Waals surface area contributed by atoms with Crippen molar-refractivity contribution in [2.24, 2.45) is 5.92 Å². The van der Waals surface area contributed by atoms with Gasteiger partial charge in [-0.15, -0.1) is 0 Å². The van der Waals surface area contributed by atoms with E-state index in [1.807, 2.05) is 6.07 Å². The second-order valence-corrected chi connectivity index (χ2v) is 12.2. The molecule has 5 aliphatic rings. The molecule has 4 fully saturated rings. The fourth-order valence-corrected chi connectivity index (χ4v) is 6.52. The molecule has 0 radical (unpaired) electrons. The molecule has 39 heavy (non-hydrogen) atoms. The standard InChI is InChI=1S/C28H30Cl2FN3O5/c29-16-1-4-23-18(7-16)21(33-27(14-35)5-6-27)9-24(39-23)26(37)34-28-10-15(11-28)22(12-28)32-25(36)13-38-17-2-3-19(30)20(31)8-17/h1-4,7-8,15,21-22,24,33,35H,5-6,9-14H2,(H,32,36)(H,34,37). The molecule has 1 aliphatic heterocycles. The molecular weight excluding hydrogens is 548 g/mol. The highest BCUT2D eigenvalue weighted by atomic mass is 35.5. The Morgan fingerprint density at radius 1 is 1.13 bits per heavy atom. The van der Waals surface area contributed by atoms with Crippen LogP contribution in [0, 0.1) is 11.7 Å². The number of carbonyl (C=O) groups excluding carboxylic acids is 2. The fraction of sp³-hybridized carbons (Fsp3) is 0.500. The first kappa shape index (κ1) is 26.6. The molecule has 4 aliphatic carbocycles. The van der Waals surface area contributed by atoms with Gasteiger partial charge in [0.25, 0.3) is 11.8 Å². The number of amides is 2. The average molecular weight is 578 g/mol. The van der Waals surface area contributed by atoms with Crippen LogP contribution < -0.4 is 25.4 Å². The van der Waals surface area contributed by atoms with Crippen LogP contribution >= 0.6 is 23.2 Å². The van der Waals surface area contributed by atoms with Gasteiger partial charge >= 0.3 is 0 Å². The van der Waals surface area contributed by atoms with Crippen LogP contribution in [0.2, 0.25) is 10.0 Å². The van der Waals surface area contributed by atoms with Crippen LogP contribution in [0.4, 0.5) is 4.39 Å². The average Bonchev–Trinajstić information content (AvgIpc) is 3.48. The Balaban J connectivity index is 1.04. The third-order valence-corrected chi connectivity index (χ3v) is 9.02. The quantitative estimate of drug-likeness (QED) is 0.362. The Bertz CT molecular complexity index is 1300. The molecule has 0 spiro atoms. The SMILES string of the molecule is O=C(COc1ccc(Cl)c(F)c1)NC1CC2(NC(=O)C3CC(NC4(CO)CC4)c4cc(Cl)ccc4O3)CC1C2. The molecule has 2 aromatic rings. The zero-order valence-electron chi connectivity index (χ0n) is 21.1. The van der Waals surface area contributed by atoms with E-state index in [-0.39, 0.29) is 64.9 Å². The van der Waals surface area contributed by atoms with E-state index in [4.69, 9.17) is 32.7 Å². The summed E-state index contributed by atoms with van der Waals surface area (Å²) in [6, 6.07) is 9.14. The maximum absolute atomic E-state index is 13.6. The lowest BCUT2D eigenvalue weighted by atomic mass is 9.76. The predicted octanol–water partition coefficient (Wildman–Crippen LogP) is 3.67. The van der Waals surface area contributed by atoms with Crippen molar-refractivity contribution in [3.8, 4) is 11.5 Å². The zero-order chi connectivity index (χ0) is 27.4. The number of aliphatic hydroxyl groups excluding tert-OH is 1. The fourth-order valence-electron chi connectivity index (χ4n) is 6.22. The minimum Gasteiger partial charge on any atom is -0.484 e. The third kappa shape index (κ3) is 5.42. The summed E-state index contributed by atoms with van der Waals surface area (Å²) in [6.45, 7) is -0.205. The van der Waals surface area contributed by atoms with Crippen molar-refractivity contribution < 1.29 is 28.6 Å². The summed E-state index contributed by atoms with van der Waals surface area (Å²) in [7, 11) is 0. The molecule has 2 amide bonds. The summed E-state index contributed by atoms with van der Waals surface area (Å²) in [5, 5.41) is 20.2. The second-order valence-electron chi connectivity index (χ2n) is 11.3. The minimum absolute atomic E-state index is 0.0131. The largest absolute Gasteiger partial charge is 0.484 e. The van der Waals surface area contributed by atoms with Gasteiger partial charge in [0.15, 0.2) is 12.7 Å². The van der Waals surface area contributed by atoms with E-state index in [1.165, 1.54) is 12.1 Å². The van der Waals surface area contributed by atoms with Crippen LogP contribution in [0.1, 0.15) is 50.1 Å². The minimum atomic E-state index is -0.694. The summed E-state index contributed by atoms with van der Waals surface area (Å²) in [6.07, 6.45) is 3.67. The van der Waals surface area contributed by atoms with Gasteiger partial charge < -0.3 is 30.5 Å². The van der Waals surface area contributed by atoms with Crippen LogP contribution in [0.25, 0.3) is 0 Å². The Labute approximate surface area is 235 Å². The Kier molecular flexibility index (Phi) is 6.90. The van der Waals surface area contributed by atoms with Crippen molar-refractivity contribution in [3.05, 3.63) is 57.8 Å². The van der Waals surface area contributed by atoms with E-state index < -0.39 is 11.9 Å². The molecule has 4 N–H and O–H groups in total. The zero-order valence-corrected chi connectivity index (χ0v) is 22.7. The van der Waals surface area contributed by atoms with Gasteiger partial charge in [0.05, 0.1) is 11.6 Å². The van der Waals surface area contributed by atoms with Crippen LogP contribution in [-0.4, -0.2) is 53.4 Å². The summed E-state index contributed by atoms with van der Waals surface area (Å²) in [5.74, 6) is 0.00364. The summed E-state index contributed by atoms with van der Waals surface area (Å²) >= 11 is 11.9. The summed E-state index contributed by atoms with van der Waals surface area (Å²) < 4.78 is 25.1. The van der Waals surface area contributed by atoms with Gasteiger partial charge in [-0.2, -0.15) is 0 Å². The molecule has 8 nitrogen and oxygen atoms in total. The number of benzene rings is 2. The highest BCUT2D eigenvalue weighted by molar-refractivity contribution is 6.31. The van der Waals surface area contributed by atoms with Gasteiger partial charge in [-0.05, 0) is 68.4 Å². The van der Waals surface area contributed by atoms with E-state index in [0.717, 1.165) is 37.3 Å². The van der Waals surface area contributed by atoms with Gasteiger partial charge in [-0.1, -0.05) is 23.2 Å². The van der Waals surface area contributed by atoms with Gasteiger partial charge in [0.2, 0.25) is 0 Å². The number of halogens is 3. The number of aliphatic hydroxyl groups is 1. The van der Waals surface area contributed by atoms with Crippen LogP contribution in [0.5, 0.6) is 11.5 Å². The van der Waals surface area contributed by atoms with Crippen molar-refractivity contribution in [3.63, 3.8) is 0 Å². The monoisotopic (exact) mass is 577 g/mol. The van der Waals surface area contributed by atoms with E-state index in [0.29, 0.717) is 23.6 Å². The Hall–Kier alpha value is -2.59. The lowest BCUT2D eigenvalue weighted by molar-refractivity contribution is -0.132. The highest BCUT2D eigenvalue weighted by Gasteiger charge is 2.58. The van der Waals surface area contributed by atoms with Crippen LogP contribution in [-0.2, 0) is 9.59 Å². The molecule has 3 atom stereocenters. The van der Waals surface area contributed by atoms with Gasteiger partial charge in [0.1, 0.15) is 17.3 Å². The number of hydrogen-bond acceptors (Lipinski definition) is 6. The smallest absolute Gasteiger partial charge is 0.261 e. The van der Waals surface area contributed by atoms with Crippen molar-refractivity contribution in [1.82, 2.24) is 16.0 Å². The van der Waals surface area contributed by atoms with E-state index >= 15 is 0 Å². The van der Waals surface area contributed by atoms with E-state index in [1.54, 1.807) is 12.1 Å². The van der Waals surface area contributed by atoms with Crippen molar-refractivity contribution in [2.45, 2.75) is 67.8 Å². The number of hydrogen-bond donors (Lipinski definition) is 4. The first-order chi connectivity index (χ1) is 18.7. The molecule has 1 heterocycles. The molecule has 208 valence electrons. The van der Waals surface area contributed by atoms with Gasteiger partial charge in [0, 0.05) is 46.2 Å². The highest BCUT2D eigenvalue weighted by Crippen LogP contribution is 2.52. The molecule has 11 heteroatoms. The van der Waals surface area contributed by atoms with Gasteiger partial charge in [-0.3, -0.25) is 9.59 Å². The molecular formula is C28H30Cl2FN3O5. The molecule has 2 bridgehead atoms. The van der Waals surface area contributed by atoms with E-state index in [9.17, 15) is 19.1 Å². The first-order valence-electron chi connectivity index (χ1n) is 13.2. The van der Waals surface area contributed by atoms with Gasteiger partial charge in [-0.25, -0.2) is 4.39 Å². The normalized spacial score (nSPS) is 29.4. The van der Waals surface area contributed by atoms with Crippen LogP contribution in [0.15, 0.2) is 36.4 Å². The number of fused-ring (bicyclic) bond motifs is 2. The number of carbonyl (C=O) groups is 2. The lowest BCUT2D eigenvalue weighted by Gasteiger charge is -2.41. The molecule has 3 unspecified atom stereocenters. The molecule has 7 rings (SSSR count). The van der Waals surface area contributed by atoms with Crippen molar-refractivity contribution >= 4 is 35.0 Å². The second kappa shape index (κ2) is 10.1. The molecule has 4 saturated carbocycles. The van der Waals surface area contributed by atoms with Crippen LogP contribution in [0.3, 0.4) is 0 Å². The molecule has 0 saturated heterocycles. The summed E-state index contributed by atoms with van der Waals surface area (Å²) in [5.41, 5.74) is 0.195. The van der Waals surface area contributed by atoms with Crippen molar-refractivity contribution in [2.75, 3.05) is 13.2 Å². The predicted molar refractivity (Wildman–Crippen MR) is 142 cm³/mol. The first-order valence-corrected chi connectivity index (χ1v) is 14.0. The molecule has 2 aromatic carbocycles. The lowest BCUT2D eigenvalue weighted by Crippen LogP contribution is -2.56. The maximum atomic E-state index is 13.6. The Morgan fingerprint density at radius 3 is 2.64 bits per heavy atom. The Morgan fingerprint density at radius 2 is 1.92 bits per heavy atom. The number of rotatable bonds is 9. The maximum Gasteiger partial charge on any atom is 0.261 e. The molecule has 0 aromatic heterocycles. The number of nitrogens with one attached hydrogen (secondary N) is 3. The topological polar surface area (TPSA) is 109 Å². The van der Waals surface area contributed by atoms with Crippen molar-refractivity contribution in [1.29, 1.82) is 0 Å². The third-order valence-electron chi connectivity index (χ3n) is 8.48.